The molecule has 0 aliphatic carbocycles. The summed E-state index contributed by atoms with van der Waals surface area (Å²) in [6, 6.07) is 5.53. The first-order valence-corrected chi connectivity index (χ1v) is 5.80. The minimum absolute atomic E-state index is 0.00778. The highest BCUT2D eigenvalue weighted by Crippen LogP contribution is 2.27. The van der Waals surface area contributed by atoms with Crippen LogP contribution in [0.3, 0.4) is 0 Å². The number of aryl methyl sites for hydroxylation is 1. The molecular weight excluding hydrogens is 294 g/mol. The van der Waals surface area contributed by atoms with Gasteiger partial charge in [-0.25, -0.2) is 4.39 Å². The van der Waals surface area contributed by atoms with Gasteiger partial charge in [0.25, 0.3) is 0 Å². The number of alkyl halides is 3. The molecule has 0 fully saturated rings. The molecule has 0 unspecified atom stereocenters. The van der Waals surface area contributed by atoms with Crippen molar-refractivity contribution in [1.82, 2.24) is 10.1 Å². The number of carbonyl (C=O) groups is 1. The quantitative estimate of drug-likeness (QED) is 0.882. The first kappa shape index (κ1) is 14.9. The van der Waals surface area contributed by atoms with Crippen LogP contribution in [0.2, 0.25) is 0 Å². The Morgan fingerprint density at radius 2 is 2.00 bits per heavy atom. The molecule has 1 heterocycles. The lowest BCUT2D eigenvalue weighted by molar-refractivity contribution is -0.159. The number of rotatable bonds is 4. The summed E-state index contributed by atoms with van der Waals surface area (Å²) in [6.45, 7) is 0. The van der Waals surface area contributed by atoms with Crippen LogP contribution < -0.4 is 5.32 Å². The SMILES string of the molecule is O=C(CCc1noc(C(F)(F)F)n1)Nc1ccccc1F. The number of nitrogens with one attached hydrogen (secondary N) is 1. The lowest BCUT2D eigenvalue weighted by Crippen LogP contribution is -2.13. The lowest BCUT2D eigenvalue weighted by Gasteiger charge is -2.04. The van der Waals surface area contributed by atoms with Gasteiger partial charge in [0.05, 0.1) is 5.69 Å². The fourth-order valence-electron chi connectivity index (χ4n) is 1.47. The first-order chi connectivity index (χ1) is 9.86. The van der Waals surface area contributed by atoms with Crippen molar-refractivity contribution in [1.29, 1.82) is 0 Å². The number of anilines is 1. The van der Waals surface area contributed by atoms with Crippen molar-refractivity contribution < 1.29 is 26.9 Å². The number of carbonyl (C=O) groups excluding carboxylic acids is 1. The summed E-state index contributed by atoms with van der Waals surface area (Å²) in [7, 11) is 0. The largest absolute Gasteiger partial charge is 0.471 e. The predicted molar refractivity (Wildman–Crippen MR) is 62.7 cm³/mol. The third-order valence-electron chi connectivity index (χ3n) is 2.43. The van der Waals surface area contributed by atoms with Crippen molar-refractivity contribution >= 4 is 11.6 Å². The molecule has 1 amide bonds. The number of amides is 1. The fourth-order valence-corrected chi connectivity index (χ4v) is 1.47. The summed E-state index contributed by atoms with van der Waals surface area (Å²) < 4.78 is 53.9. The highest BCUT2D eigenvalue weighted by Gasteiger charge is 2.38. The third-order valence-corrected chi connectivity index (χ3v) is 2.43. The number of hydrogen-bond acceptors (Lipinski definition) is 4. The van der Waals surface area contributed by atoms with Crippen molar-refractivity contribution in [3.8, 4) is 0 Å². The summed E-state index contributed by atoms with van der Waals surface area (Å²) in [5, 5.41) is 5.41. The minimum atomic E-state index is -4.72. The van der Waals surface area contributed by atoms with E-state index in [1.165, 1.54) is 24.3 Å². The second-order valence-corrected chi connectivity index (χ2v) is 4.04. The van der Waals surface area contributed by atoms with Crippen molar-refractivity contribution in [3.63, 3.8) is 0 Å². The van der Waals surface area contributed by atoms with Gasteiger partial charge in [0, 0.05) is 12.8 Å². The molecule has 1 aromatic heterocycles. The summed E-state index contributed by atoms with van der Waals surface area (Å²) in [5.74, 6) is -2.89. The van der Waals surface area contributed by atoms with Crippen LogP contribution in [0.25, 0.3) is 0 Å². The summed E-state index contributed by atoms with van der Waals surface area (Å²) in [6.07, 6.45) is -5.08. The van der Waals surface area contributed by atoms with E-state index in [0.29, 0.717) is 0 Å². The highest BCUT2D eigenvalue weighted by molar-refractivity contribution is 5.90. The van der Waals surface area contributed by atoms with Crippen LogP contribution >= 0.6 is 0 Å². The molecule has 0 atom stereocenters. The summed E-state index contributed by atoms with van der Waals surface area (Å²) in [4.78, 5) is 14.7. The van der Waals surface area contributed by atoms with E-state index < -0.39 is 23.8 Å². The number of hydrogen-bond donors (Lipinski definition) is 1. The van der Waals surface area contributed by atoms with Gasteiger partial charge >= 0.3 is 12.1 Å². The van der Waals surface area contributed by atoms with E-state index in [-0.39, 0.29) is 24.4 Å². The van der Waals surface area contributed by atoms with Crippen molar-refractivity contribution in [2.75, 3.05) is 5.32 Å². The molecule has 2 rings (SSSR count). The maximum absolute atomic E-state index is 13.3. The van der Waals surface area contributed by atoms with Gasteiger partial charge in [-0.2, -0.15) is 18.2 Å². The molecule has 5 nitrogen and oxygen atoms in total. The van der Waals surface area contributed by atoms with Gasteiger partial charge in [0.1, 0.15) is 5.82 Å². The summed E-state index contributed by atoms with van der Waals surface area (Å²) in [5.41, 5.74) is -0.00778. The Morgan fingerprint density at radius 3 is 2.62 bits per heavy atom. The highest BCUT2D eigenvalue weighted by atomic mass is 19.4. The maximum Gasteiger partial charge on any atom is 0.471 e. The standard InChI is InChI=1S/C12H9F4N3O2/c13-7-3-1-2-4-8(7)17-10(20)6-5-9-18-11(21-19-9)12(14,15)16/h1-4H,5-6H2,(H,17,20). The van der Waals surface area contributed by atoms with Crippen molar-refractivity contribution in [2.24, 2.45) is 0 Å². The monoisotopic (exact) mass is 303 g/mol. The number of nitrogens with zero attached hydrogens (tertiary/aromatic N) is 2. The first-order valence-electron chi connectivity index (χ1n) is 5.80. The normalized spacial score (nSPS) is 11.4. The van der Waals surface area contributed by atoms with E-state index >= 15 is 0 Å². The Morgan fingerprint density at radius 1 is 1.29 bits per heavy atom. The van der Waals surface area contributed by atoms with Crippen molar-refractivity contribution in [3.05, 3.63) is 41.8 Å². The zero-order valence-corrected chi connectivity index (χ0v) is 10.4. The molecule has 0 radical (unpaired) electrons. The second kappa shape index (κ2) is 5.90. The molecule has 0 aliphatic rings. The van der Waals surface area contributed by atoms with E-state index in [1.54, 1.807) is 0 Å². The average Bonchev–Trinajstić information content (AvgIpc) is 2.88. The third kappa shape index (κ3) is 4.01. The Balaban J connectivity index is 1.90. The minimum Gasteiger partial charge on any atom is -0.329 e. The van der Waals surface area contributed by atoms with Gasteiger partial charge in [-0.05, 0) is 12.1 Å². The Labute approximate surface area is 116 Å². The molecule has 0 saturated carbocycles. The van der Waals surface area contributed by atoms with Gasteiger partial charge in [-0.3, -0.25) is 4.79 Å². The van der Waals surface area contributed by atoms with Crippen LogP contribution in [0.15, 0.2) is 28.8 Å². The van der Waals surface area contributed by atoms with E-state index in [4.69, 9.17) is 0 Å². The van der Waals surface area contributed by atoms with Crippen LogP contribution in [0.4, 0.5) is 23.2 Å². The average molecular weight is 303 g/mol. The molecular formula is C12H9F4N3O2. The summed E-state index contributed by atoms with van der Waals surface area (Å²) >= 11 is 0. The van der Waals surface area contributed by atoms with E-state index in [2.05, 4.69) is 20.0 Å². The Kier molecular flexibility index (Phi) is 4.20. The molecule has 112 valence electrons. The molecule has 0 aliphatic heterocycles. The van der Waals surface area contributed by atoms with Gasteiger partial charge in [0.15, 0.2) is 5.82 Å². The van der Waals surface area contributed by atoms with Crippen LogP contribution in [-0.2, 0) is 17.4 Å². The molecule has 0 bridgehead atoms. The number of benzene rings is 1. The Hall–Kier alpha value is -2.45. The molecule has 2 aromatic rings. The van der Waals surface area contributed by atoms with Crippen LogP contribution in [0.1, 0.15) is 18.1 Å². The van der Waals surface area contributed by atoms with E-state index in [9.17, 15) is 22.4 Å². The molecule has 0 saturated heterocycles. The zero-order valence-electron chi connectivity index (χ0n) is 10.4. The molecule has 1 aromatic carbocycles. The zero-order chi connectivity index (χ0) is 15.5. The number of para-hydroxylation sites is 1. The van der Waals surface area contributed by atoms with Crippen LogP contribution in [-0.4, -0.2) is 16.0 Å². The van der Waals surface area contributed by atoms with Gasteiger partial charge < -0.3 is 9.84 Å². The molecule has 0 spiro atoms. The Bertz CT molecular complexity index is 639. The van der Waals surface area contributed by atoms with E-state index in [1.807, 2.05) is 0 Å². The predicted octanol–water partition coefficient (Wildman–Crippen LogP) is 2.80. The van der Waals surface area contributed by atoms with Gasteiger partial charge in [-0.15, -0.1) is 0 Å². The number of aromatic nitrogens is 2. The number of halogens is 4. The topological polar surface area (TPSA) is 68.0 Å². The second-order valence-electron chi connectivity index (χ2n) is 4.04. The molecule has 21 heavy (non-hydrogen) atoms. The maximum atomic E-state index is 13.3. The van der Waals surface area contributed by atoms with Gasteiger partial charge in [0.2, 0.25) is 5.91 Å². The molecule has 1 N–H and O–H groups in total. The fraction of sp³-hybridized carbons (Fsp3) is 0.250. The molecule has 9 heteroatoms. The smallest absolute Gasteiger partial charge is 0.329 e. The van der Waals surface area contributed by atoms with Crippen LogP contribution in [0, 0.1) is 5.82 Å². The van der Waals surface area contributed by atoms with Gasteiger partial charge in [-0.1, -0.05) is 17.3 Å². The lowest BCUT2D eigenvalue weighted by atomic mass is 10.2. The van der Waals surface area contributed by atoms with Crippen molar-refractivity contribution in [2.45, 2.75) is 19.0 Å². The van der Waals surface area contributed by atoms with Crippen LogP contribution in [0.5, 0.6) is 0 Å². The van der Waals surface area contributed by atoms with E-state index in [0.717, 1.165) is 0 Å².